The second kappa shape index (κ2) is 7.62. The summed E-state index contributed by atoms with van der Waals surface area (Å²) in [5.74, 6) is 1.97. The number of carbonyl (C=O) groups is 1. The van der Waals surface area contributed by atoms with Crippen molar-refractivity contribution in [3.8, 4) is 12.3 Å². The summed E-state index contributed by atoms with van der Waals surface area (Å²) < 4.78 is 26.5. The number of hydrogen-bond acceptors (Lipinski definition) is 4. The van der Waals surface area contributed by atoms with Gasteiger partial charge in [-0.1, -0.05) is 18.1 Å². The monoisotopic (exact) mass is 362 g/mol. The summed E-state index contributed by atoms with van der Waals surface area (Å²) in [6, 6.07) is 9.72. The fraction of sp³-hybridized carbons (Fsp3) is 0.235. The van der Waals surface area contributed by atoms with Crippen molar-refractivity contribution in [1.82, 2.24) is 9.62 Å². The molecule has 126 valence electrons. The normalized spacial score (nSPS) is 12.4. The van der Waals surface area contributed by atoms with Crippen LogP contribution in [0.1, 0.15) is 28.2 Å². The van der Waals surface area contributed by atoms with Gasteiger partial charge in [0.15, 0.2) is 0 Å². The molecule has 0 aliphatic rings. The minimum Gasteiger partial charge on any atom is -0.334 e. The van der Waals surface area contributed by atoms with E-state index in [0.717, 1.165) is 4.88 Å². The molecular formula is C17H18N2O3S2. The van der Waals surface area contributed by atoms with Gasteiger partial charge in [-0.3, -0.25) is 4.79 Å². The lowest BCUT2D eigenvalue weighted by molar-refractivity contribution is 0.0744. The molecule has 1 aromatic heterocycles. The van der Waals surface area contributed by atoms with Crippen LogP contribution < -0.4 is 4.72 Å². The lowest BCUT2D eigenvalue weighted by atomic mass is 10.1. The highest BCUT2D eigenvalue weighted by atomic mass is 32.2. The van der Waals surface area contributed by atoms with Crippen molar-refractivity contribution in [2.45, 2.75) is 17.9 Å². The van der Waals surface area contributed by atoms with Crippen LogP contribution in [0.15, 0.2) is 46.7 Å². The van der Waals surface area contributed by atoms with Gasteiger partial charge in [0, 0.05) is 17.5 Å². The Hall–Kier alpha value is -2.14. The standard InChI is InChI=1S/C17H18N2O3S2/c1-4-10-18-24(21,22)15-8-5-7-14(12-15)17(20)19(3)13(2)16-9-6-11-23-16/h1,5-9,11-13,18H,10H2,2-3H3/t13-/m0/s1. The Bertz CT molecular complexity index is 852. The van der Waals surface area contributed by atoms with Crippen LogP contribution in [0.4, 0.5) is 0 Å². The van der Waals surface area contributed by atoms with Gasteiger partial charge in [0.25, 0.3) is 5.91 Å². The van der Waals surface area contributed by atoms with Crippen LogP contribution in [-0.2, 0) is 10.0 Å². The minimum atomic E-state index is -3.73. The van der Waals surface area contributed by atoms with Gasteiger partial charge in [-0.2, -0.15) is 4.72 Å². The lowest BCUT2D eigenvalue weighted by Gasteiger charge is -2.24. The Morgan fingerprint density at radius 1 is 1.38 bits per heavy atom. The van der Waals surface area contributed by atoms with Crippen molar-refractivity contribution >= 4 is 27.3 Å². The van der Waals surface area contributed by atoms with Crippen molar-refractivity contribution in [2.24, 2.45) is 0 Å². The van der Waals surface area contributed by atoms with Crippen LogP contribution in [0.2, 0.25) is 0 Å². The summed E-state index contributed by atoms with van der Waals surface area (Å²) in [5, 5.41) is 1.95. The molecule has 0 fully saturated rings. The largest absolute Gasteiger partial charge is 0.334 e. The van der Waals surface area contributed by atoms with Gasteiger partial charge in [-0.05, 0) is 36.6 Å². The Labute approximate surface area is 146 Å². The van der Waals surface area contributed by atoms with Crippen molar-refractivity contribution in [1.29, 1.82) is 0 Å². The van der Waals surface area contributed by atoms with Crippen LogP contribution in [0.5, 0.6) is 0 Å². The van der Waals surface area contributed by atoms with E-state index >= 15 is 0 Å². The number of terminal acetylenes is 1. The number of rotatable bonds is 6. The predicted molar refractivity (Wildman–Crippen MR) is 95.3 cm³/mol. The summed E-state index contributed by atoms with van der Waals surface area (Å²) >= 11 is 1.57. The van der Waals surface area contributed by atoms with E-state index in [0.29, 0.717) is 5.56 Å². The SMILES string of the molecule is C#CCNS(=O)(=O)c1cccc(C(=O)N(C)[C@@H](C)c2cccs2)c1. The molecule has 24 heavy (non-hydrogen) atoms. The number of nitrogens with one attached hydrogen (secondary N) is 1. The zero-order valence-corrected chi connectivity index (χ0v) is 15.0. The predicted octanol–water partition coefficient (Wildman–Crippen LogP) is 2.49. The van der Waals surface area contributed by atoms with E-state index in [1.807, 2.05) is 24.4 Å². The van der Waals surface area contributed by atoms with Gasteiger partial charge < -0.3 is 4.90 Å². The Kier molecular flexibility index (Phi) is 5.78. The number of thiophene rings is 1. The molecule has 7 heteroatoms. The first-order chi connectivity index (χ1) is 11.4. The average molecular weight is 362 g/mol. The molecule has 2 rings (SSSR count). The molecular weight excluding hydrogens is 344 g/mol. The van der Waals surface area contributed by atoms with Gasteiger partial charge in [-0.25, -0.2) is 8.42 Å². The van der Waals surface area contributed by atoms with E-state index in [-0.39, 0.29) is 23.4 Å². The summed E-state index contributed by atoms with van der Waals surface area (Å²) in [6.45, 7) is 1.83. The molecule has 2 aromatic rings. The van der Waals surface area contributed by atoms with Gasteiger partial charge in [0.2, 0.25) is 10.0 Å². The van der Waals surface area contributed by atoms with Crippen LogP contribution in [0, 0.1) is 12.3 Å². The fourth-order valence-corrected chi connectivity index (χ4v) is 3.92. The van der Waals surface area contributed by atoms with E-state index in [4.69, 9.17) is 6.42 Å². The maximum Gasteiger partial charge on any atom is 0.254 e. The Morgan fingerprint density at radius 2 is 2.12 bits per heavy atom. The summed E-state index contributed by atoms with van der Waals surface area (Å²) in [5.41, 5.74) is 0.310. The zero-order valence-electron chi connectivity index (χ0n) is 13.4. The van der Waals surface area contributed by atoms with Crippen molar-refractivity contribution < 1.29 is 13.2 Å². The van der Waals surface area contributed by atoms with Crippen LogP contribution in [-0.4, -0.2) is 32.8 Å². The Balaban J connectivity index is 2.25. The molecule has 0 spiro atoms. The van der Waals surface area contributed by atoms with Crippen molar-refractivity contribution in [3.05, 3.63) is 52.2 Å². The first-order valence-electron chi connectivity index (χ1n) is 7.20. The quantitative estimate of drug-likeness (QED) is 0.803. The van der Waals surface area contributed by atoms with E-state index in [9.17, 15) is 13.2 Å². The fourth-order valence-electron chi connectivity index (χ4n) is 2.12. The highest BCUT2D eigenvalue weighted by Crippen LogP contribution is 2.25. The first-order valence-corrected chi connectivity index (χ1v) is 9.57. The number of nitrogens with zero attached hydrogens (tertiary/aromatic N) is 1. The van der Waals surface area contributed by atoms with Crippen LogP contribution in [0.25, 0.3) is 0 Å². The molecule has 0 bridgehead atoms. The highest BCUT2D eigenvalue weighted by molar-refractivity contribution is 7.89. The molecule has 1 aromatic carbocycles. The zero-order chi connectivity index (χ0) is 17.7. The Morgan fingerprint density at radius 3 is 2.75 bits per heavy atom. The van der Waals surface area contributed by atoms with E-state index in [2.05, 4.69) is 10.6 Å². The number of hydrogen-bond donors (Lipinski definition) is 1. The molecule has 1 atom stereocenters. The number of sulfonamides is 1. The van der Waals surface area contributed by atoms with Gasteiger partial charge in [0.05, 0.1) is 17.5 Å². The smallest absolute Gasteiger partial charge is 0.254 e. The van der Waals surface area contributed by atoms with Crippen LogP contribution >= 0.6 is 11.3 Å². The topological polar surface area (TPSA) is 66.5 Å². The maximum absolute atomic E-state index is 12.7. The molecule has 0 aliphatic carbocycles. The lowest BCUT2D eigenvalue weighted by Crippen LogP contribution is -2.29. The molecule has 5 nitrogen and oxygen atoms in total. The molecule has 0 saturated carbocycles. The number of amides is 1. The maximum atomic E-state index is 12.7. The molecule has 1 heterocycles. The third-order valence-corrected chi connectivity index (χ3v) is 6.05. The van der Waals surface area contributed by atoms with Crippen LogP contribution in [0.3, 0.4) is 0 Å². The molecule has 0 radical (unpaired) electrons. The van der Waals surface area contributed by atoms with Gasteiger partial charge in [0.1, 0.15) is 0 Å². The summed E-state index contributed by atoms with van der Waals surface area (Å²) in [6.07, 6.45) is 5.07. The molecule has 0 unspecified atom stereocenters. The number of carbonyl (C=O) groups excluding carboxylic acids is 1. The first kappa shape index (κ1) is 18.2. The highest BCUT2D eigenvalue weighted by Gasteiger charge is 2.21. The van der Waals surface area contributed by atoms with E-state index < -0.39 is 10.0 Å². The molecule has 0 aliphatic heterocycles. The van der Waals surface area contributed by atoms with Gasteiger partial charge >= 0.3 is 0 Å². The van der Waals surface area contributed by atoms with E-state index in [1.165, 1.54) is 12.1 Å². The van der Waals surface area contributed by atoms with E-state index in [1.54, 1.807) is 35.4 Å². The number of benzene rings is 1. The summed E-state index contributed by atoms with van der Waals surface area (Å²) in [7, 11) is -2.03. The third kappa shape index (κ3) is 4.03. The molecule has 1 N–H and O–H groups in total. The molecule has 0 saturated heterocycles. The third-order valence-electron chi connectivity index (χ3n) is 3.61. The molecule has 1 amide bonds. The summed E-state index contributed by atoms with van der Waals surface area (Å²) in [4.78, 5) is 15.3. The van der Waals surface area contributed by atoms with Crippen molar-refractivity contribution in [3.63, 3.8) is 0 Å². The second-order valence-corrected chi connectivity index (χ2v) is 7.91. The van der Waals surface area contributed by atoms with Crippen molar-refractivity contribution in [2.75, 3.05) is 13.6 Å². The average Bonchev–Trinajstić information content (AvgIpc) is 3.12. The van der Waals surface area contributed by atoms with Gasteiger partial charge in [-0.15, -0.1) is 17.8 Å². The second-order valence-electron chi connectivity index (χ2n) is 5.16. The minimum absolute atomic E-state index is 0.0146.